The van der Waals surface area contributed by atoms with Crippen molar-refractivity contribution in [2.24, 2.45) is 16.2 Å². The highest BCUT2D eigenvalue weighted by Gasteiger charge is 2.75. The number of ether oxygens (including phenoxy) is 1. The molecule has 1 aromatic rings. The fraction of sp³-hybridized carbons (Fsp3) is 0.471. The molecule has 0 aromatic heterocycles. The quantitative estimate of drug-likeness (QED) is 0.665. The standard InChI is InChI=1S/C17H18ClNO4/c1-15(2)16(3)8-9-17(15,14(22)23-13(16)21)12(20)19-11-7-5-4-6-10(11)18/h4-7H,8-9H2,1-3H3,(H,19,20). The van der Waals surface area contributed by atoms with Crippen LogP contribution in [0.2, 0.25) is 5.02 Å². The fourth-order valence-electron chi connectivity index (χ4n) is 3.81. The van der Waals surface area contributed by atoms with E-state index in [1.807, 2.05) is 0 Å². The predicted molar refractivity (Wildman–Crippen MR) is 84.7 cm³/mol. The summed E-state index contributed by atoms with van der Waals surface area (Å²) in [6.45, 7) is 5.32. The third-order valence-electron chi connectivity index (χ3n) is 5.94. The molecule has 2 aliphatic rings. The van der Waals surface area contributed by atoms with Crippen LogP contribution in [0.1, 0.15) is 33.6 Å². The molecule has 1 saturated carbocycles. The molecular formula is C17H18ClNO4. The number of halogens is 1. The van der Waals surface area contributed by atoms with Crippen molar-refractivity contribution in [2.75, 3.05) is 5.32 Å². The SMILES string of the molecule is CC12CCC(C(=O)Nc3ccccc3Cl)(C(=O)OC1=O)C2(C)C. The summed E-state index contributed by atoms with van der Waals surface area (Å²) >= 11 is 6.08. The van der Waals surface area contributed by atoms with Crippen LogP contribution in [0.5, 0.6) is 0 Å². The van der Waals surface area contributed by atoms with Crippen molar-refractivity contribution in [1.29, 1.82) is 0 Å². The van der Waals surface area contributed by atoms with Crippen molar-refractivity contribution in [3.63, 3.8) is 0 Å². The third-order valence-corrected chi connectivity index (χ3v) is 6.27. The van der Waals surface area contributed by atoms with Crippen LogP contribution in [-0.2, 0) is 19.1 Å². The van der Waals surface area contributed by atoms with E-state index in [-0.39, 0.29) is 6.42 Å². The molecule has 2 fully saturated rings. The molecule has 1 aliphatic heterocycles. The molecule has 1 heterocycles. The number of cyclic esters (lactones) is 2. The van der Waals surface area contributed by atoms with Crippen LogP contribution in [0.3, 0.4) is 0 Å². The number of fused-ring (bicyclic) bond motifs is 2. The molecule has 6 heteroatoms. The zero-order chi connectivity index (χ0) is 17.0. The molecule has 1 N–H and O–H groups in total. The average molecular weight is 336 g/mol. The van der Waals surface area contributed by atoms with E-state index in [4.69, 9.17) is 16.3 Å². The summed E-state index contributed by atoms with van der Waals surface area (Å²) in [7, 11) is 0. The molecule has 1 aliphatic carbocycles. The Hall–Kier alpha value is -1.88. The smallest absolute Gasteiger partial charge is 0.329 e. The number of esters is 2. The minimum atomic E-state index is -1.39. The maximum Gasteiger partial charge on any atom is 0.329 e. The predicted octanol–water partition coefficient (Wildman–Crippen LogP) is 3.17. The average Bonchev–Trinajstić information content (AvgIpc) is 2.63. The summed E-state index contributed by atoms with van der Waals surface area (Å²) < 4.78 is 4.93. The first-order chi connectivity index (χ1) is 10.7. The Morgan fingerprint density at radius 3 is 2.43 bits per heavy atom. The second kappa shape index (κ2) is 4.81. The Bertz CT molecular complexity index is 729. The van der Waals surface area contributed by atoms with Crippen molar-refractivity contribution < 1.29 is 19.1 Å². The van der Waals surface area contributed by atoms with E-state index < -0.39 is 34.1 Å². The van der Waals surface area contributed by atoms with E-state index in [0.717, 1.165) is 0 Å². The lowest BCUT2D eigenvalue weighted by molar-refractivity contribution is -0.195. The minimum absolute atomic E-state index is 0.275. The zero-order valence-corrected chi connectivity index (χ0v) is 14.0. The number of amides is 1. The van der Waals surface area contributed by atoms with Gasteiger partial charge in [-0.2, -0.15) is 0 Å². The van der Waals surface area contributed by atoms with Gasteiger partial charge in [-0.3, -0.25) is 14.4 Å². The lowest BCUT2D eigenvalue weighted by Gasteiger charge is -2.48. The van der Waals surface area contributed by atoms with Gasteiger partial charge in [-0.05, 0) is 31.9 Å². The van der Waals surface area contributed by atoms with Crippen molar-refractivity contribution in [1.82, 2.24) is 0 Å². The van der Waals surface area contributed by atoms with Gasteiger partial charge in [0.15, 0.2) is 5.41 Å². The molecule has 0 spiro atoms. The van der Waals surface area contributed by atoms with E-state index in [1.165, 1.54) is 0 Å². The molecule has 1 saturated heterocycles. The molecule has 2 unspecified atom stereocenters. The highest BCUT2D eigenvalue weighted by Crippen LogP contribution is 2.66. The number of hydrogen-bond acceptors (Lipinski definition) is 4. The first-order valence-corrected chi connectivity index (χ1v) is 7.87. The highest BCUT2D eigenvalue weighted by molar-refractivity contribution is 6.34. The summed E-state index contributed by atoms with van der Waals surface area (Å²) in [5.74, 6) is -1.80. The first kappa shape index (κ1) is 16.0. The van der Waals surface area contributed by atoms with Gasteiger partial charge in [0.1, 0.15) is 0 Å². The summed E-state index contributed by atoms with van der Waals surface area (Å²) in [5.41, 5.74) is -2.67. The summed E-state index contributed by atoms with van der Waals surface area (Å²) in [4.78, 5) is 37.7. The summed E-state index contributed by atoms with van der Waals surface area (Å²) in [5, 5.41) is 3.12. The van der Waals surface area contributed by atoms with Gasteiger partial charge in [0.2, 0.25) is 5.91 Å². The van der Waals surface area contributed by atoms with E-state index in [1.54, 1.807) is 45.0 Å². The van der Waals surface area contributed by atoms with Gasteiger partial charge in [-0.15, -0.1) is 0 Å². The number of para-hydroxylation sites is 1. The van der Waals surface area contributed by atoms with Gasteiger partial charge >= 0.3 is 11.9 Å². The number of carbonyl (C=O) groups excluding carboxylic acids is 3. The molecule has 2 atom stereocenters. The Balaban J connectivity index is 2.04. The van der Waals surface area contributed by atoms with Gasteiger partial charge in [-0.25, -0.2) is 0 Å². The van der Waals surface area contributed by atoms with Crippen LogP contribution in [-0.4, -0.2) is 17.8 Å². The normalized spacial score (nSPS) is 31.7. The van der Waals surface area contributed by atoms with Crippen molar-refractivity contribution in [3.8, 4) is 0 Å². The van der Waals surface area contributed by atoms with E-state index in [0.29, 0.717) is 17.1 Å². The molecule has 1 amide bonds. The molecule has 5 nitrogen and oxygen atoms in total. The van der Waals surface area contributed by atoms with Crippen molar-refractivity contribution in [3.05, 3.63) is 29.3 Å². The van der Waals surface area contributed by atoms with Gasteiger partial charge < -0.3 is 10.1 Å². The Morgan fingerprint density at radius 1 is 1.13 bits per heavy atom. The van der Waals surface area contributed by atoms with Crippen molar-refractivity contribution in [2.45, 2.75) is 33.6 Å². The van der Waals surface area contributed by atoms with Gasteiger partial charge in [0.25, 0.3) is 0 Å². The van der Waals surface area contributed by atoms with Gasteiger partial charge in [-0.1, -0.05) is 37.6 Å². The molecule has 122 valence electrons. The van der Waals surface area contributed by atoms with Crippen LogP contribution < -0.4 is 5.32 Å². The second-order valence-corrected chi connectivity index (χ2v) is 7.38. The number of nitrogens with one attached hydrogen (secondary N) is 1. The Morgan fingerprint density at radius 2 is 1.78 bits per heavy atom. The molecular weight excluding hydrogens is 318 g/mol. The number of rotatable bonds is 2. The maximum atomic E-state index is 13.0. The lowest BCUT2D eigenvalue weighted by Crippen LogP contribution is -2.61. The molecule has 3 rings (SSSR count). The van der Waals surface area contributed by atoms with Crippen LogP contribution in [0.15, 0.2) is 24.3 Å². The molecule has 23 heavy (non-hydrogen) atoms. The maximum absolute atomic E-state index is 13.0. The third kappa shape index (κ3) is 1.83. The number of anilines is 1. The second-order valence-electron chi connectivity index (χ2n) is 6.97. The summed E-state index contributed by atoms with van der Waals surface area (Å²) in [6.07, 6.45) is 0.706. The monoisotopic (exact) mass is 335 g/mol. The van der Waals surface area contributed by atoms with Crippen LogP contribution >= 0.6 is 11.6 Å². The topological polar surface area (TPSA) is 72.5 Å². The molecule has 1 aromatic carbocycles. The van der Waals surface area contributed by atoms with Crippen LogP contribution in [0.4, 0.5) is 5.69 Å². The minimum Gasteiger partial charge on any atom is -0.392 e. The highest BCUT2D eigenvalue weighted by atomic mass is 35.5. The van der Waals surface area contributed by atoms with Gasteiger partial charge in [0.05, 0.1) is 16.1 Å². The first-order valence-electron chi connectivity index (χ1n) is 7.49. The Kier molecular flexibility index (Phi) is 3.34. The fourth-order valence-corrected chi connectivity index (χ4v) is 4.00. The van der Waals surface area contributed by atoms with Gasteiger partial charge in [0, 0.05) is 5.41 Å². The largest absolute Gasteiger partial charge is 0.392 e. The van der Waals surface area contributed by atoms with E-state index in [9.17, 15) is 14.4 Å². The Labute approximate surface area is 139 Å². The number of carbonyl (C=O) groups is 3. The summed E-state index contributed by atoms with van der Waals surface area (Å²) in [6, 6.07) is 6.81. The lowest BCUT2D eigenvalue weighted by atomic mass is 9.57. The van der Waals surface area contributed by atoms with E-state index in [2.05, 4.69) is 5.32 Å². The molecule has 2 bridgehead atoms. The number of hydrogen-bond donors (Lipinski definition) is 1. The van der Waals surface area contributed by atoms with Crippen molar-refractivity contribution >= 4 is 35.1 Å². The van der Waals surface area contributed by atoms with Crippen LogP contribution in [0, 0.1) is 16.2 Å². The number of benzene rings is 1. The molecule has 0 radical (unpaired) electrons. The zero-order valence-electron chi connectivity index (χ0n) is 13.2. The van der Waals surface area contributed by atoms with E-state index >= 15 is 0 Å². The van der Waals surface area contributed by atoms with Crippen LogP contribution in [0.25, 0.3) is 0 Å².